The van der Waals surface area contributed by atoms with Crippen molar-refractivity contribution in [3.8, 4) is 11.1 Å². The van der Waals surface area contributed by atoms with Crippen LogP contribution in [0.1, 0.15) is 34.5 Å². The second-order valence-corrected chi connectivity index (χ2v) is 7.80. The molecule has 0 aliphatic carbocycles. The number of benzene rings is 2. The molecule has 1 saturated heterocycles. The summed E-state index contributed by atoms with van der Waals surface area (Å²) in [5.74, 6) is 0.348. The summed E-state index contributed by atoms with van der Waals surface area (Å²) in [6.45, 7) is 4.80. The molecular formula is C24H27N3O. The number of likely N-dealkylation sites (tertiary alicyclic amines) is 1. The first-order chi connectivity index (χ1) is 13.6. The van der Waals surface area contributed by atoms with E-state index in [0.29, 0.717) is 0 Å². The van der Waals surface area contributed by atoms with E-state index < -0.39 is 0 Å². The van der Waals surface area contributed by atoms with Gasteiger partial charge in [-0.05, 0) is 37.4 Å². The predicted octanol–water partition coefficient (Wildman–Crippen LogP) is 4.49. The first-order valence-electron chi connectivity index (χ1n) is 10.0. The van der Waals surface area contributed by atoms with E-state index in [4.69, 9.17) is 0 Å². The van der Waals surface area contributed by atoms with E-state index in [9.17, 15) is 4.79 Å². The molecule has 1 aliphatic rings. The molecule has 4 nitrogen and oxygen atoms in total. The summed E-state index contributed by atoms with van der Waals surface area (Å²) >= 11 is 0. The van der Waals surface area contributed by atoms with Crippen LogP contribution in [-0.4, -0.2) is 33.6 Å². The molecule has 0 amide bonds. The topological polar surface area (TPSA) is 38.1 Å². The smallest absolute Gasteiger partial charge is 0.167 e. The van der Waals surface area contributed by atoms with Crippen molar-refractivity contribution in [3.63, 3.8) is 0 Å². The molecule has 4 heteroatoms. The van der Waals surface area contributed by atoms with E-state index in [2.05, 4.69) is 47.4 Å². The average molecular weight is 374 g/mol. The summed E-state index contributed by atoms with van der Waals surface area (Å²) in [5, 5.41) is 4.43. The number of hydrogen-bond acceptors (Lipinski definition) is 3. The lowest BCUT2D eigenvalue weighted by atomic mass is 9.89. The lowest BCUT2D eigenvalue weighted by Crippen LogP contribution is -2.38. The molecule has 0 unspecified atom stereocenters. The van der Waals surface area contributed by atoms with Crippen LogP contribution in [0.3, 0.4) is 0 Å². The number of hydrogen-bond donors (Lipinski definition) is 0. The van der Waals surface area contributed by atoms with Crippen LogP contribution in [0.15, 0.2) is 60.8 Å². The Morgan fingerprint density at radius 1 is 1.07 bits per heavy atom. The van der Waals surface area contributed by atoms with Crippen molar-refractivity contribution < 1.29 is 4.79 Å². The number of piperidine rings is 1. The lowest BCUT2D eigenvalue weighted by molar-refractivity contribution is 0.0811. The van der Waals surface area contributed by atoms with Crippen molar-refractivity contribution in [1.82, 2.24) is 14.7 Å². The van der Waals surface area contributed by atoms with Crippen LogP contribution in [-0.2, 0) is 13.6 Å². The van der Waals surface area contributed by atoms with Crippen LogP contribution in [0, 0.1) is 12.8 Å². The number of aromatic nitrogens is 2. The minimum Gasteiger partial charge on any atom is -0.298 e. The van der Waals surface area contributed by atoms with Gasteiger partial charge in [0, 0.05) is 43.4 Å². The van der Waals surface area contributed by atoms with Gasteiger partial charge in [-0.3, -0.25) is 14.4 Å². The molecule has 144 valence electrons. The number of Topliss-reactive ketones (excluding diaryl/α,β-unsaturated/α-hetero) is 1. The van der Waals surface area contributed by atoms with Crippen molar-refractivity contribution in [2.24, 2.45) is 13.0 Å². The Morgan fingerprint density at radius 2 is 1.79 bits per heavy atom. The van der Waals surface area contributed by atoms with E-state index in [1.54, 1.807) is 0 Å². The molecule has 4 rings (SSSR count). The van der Waals surface area contributed by atoms with Gasteiger partial charge in [-0.15, -0.1) is 0 Å². The Labute approximate surface area is 166 Å². The maximum absolute atomic E-state index is 13.1. The van der Waals surface area contributed by atoms with Crippen LogP contribution in [0.25, 0.3) is 11.1 Å². The highest BCUT2D eigenvalue weighted by Crippen LogP contribution is 2.25. The first kappa shape index (κ1) is 18.6. The Bertz CT molecular complexity index is 944. The number of rotatable bonds is 5. The largest absolute Gasteiger partial charge is 0.298 e. The highest BCUT2D eigenvalue weighted by Gasteiger charge is 2.27. The standard InChI is InChI=1S/C24H27N3O/c1-18-23(15-26(2)25-18)17-27-14-6-9-22(16-27)24(28)21-12-10-20(11-13-21)19-7-4-3-5-8-19/h3-5,7-8,10-13,15,22H,6,9,14,16-17H2,1-2H3/t22-/m1/s1. The molecule has 1 fully saturated rings. The van der Waals surface area contributed by atoms with Gasteiger partial charge >= 0.3 is 0 Å². The van der Waals surface area contributed by atoms with Crippen LogP contribution in [0.5, 0.6) is 0 Å². The van der Waals surface area contributed by atoms with Crippen LogP contribution < -0.4 is 0 Å². The SMILES string of the molecule is Cc1nn(C)cc1CN1CCC[C@@H](C(=O)c2ccc(-c3ccccc3)cc2)C1. The maximum atomic E-state index is 13.1. The molecule has 1 aliphatic heterocycles. The van der Waals surface area contributed by atoms with Crippen LogP contribution in [0.2, 0.25) is 0 Å². The van der Waals surface area contributed by atoms with Crippen LogP contribution >= 0.6 is 0 Å². The van der Waals surface area contributed by atoms with Crippen molar-refractivity contribution in [2.75, 3.05) is 13.1 Å². The third-order valence-corrected chi connectivity index (χ3v) is 5.66. The molecule has 3 aromatic rings. The Morgan fingerprint density at radius 3 is 2.46 bits per heavy atom. The highest BCUT2D eigenvalue weighted by atomic mass is 16.1. The molecule has 0 bridgehead atoms. The van der Waals surface area contributed by atoms with Gasteiger partial charge < -0.3 is 0 Å². The van der Waals surface area contributed by atoms with E-state index in [-0.39, 0.29) is 11.7 Å². The van der Waals surface area contributed by atoms with Gasteiger partial charge in [0.05, 0.1) is 5.69 Å². The highest BCUT2D eigenvalue weighted by molar-refractivity contribution is 5.98. The molecule has 0 saturated carbocycles. The Kier molecular flexibility index (Phi) is 5.40. The van der Waals surface area contributed by atoms with Crippen molar-refractivity contribution in [1.29, 1.82) is 0 Å². The predicted molar refractivity (Wildman–Crippen MR) is 112 cm³/mol. The maximum Gasteiger partial charge on any atom is 0.167 e. The fraction of sp³-hybridized carbons (Fsp3) is 0.333. The normalized spacial score (nSPS) is 17.6. The second kappa shape index (κ2) is 8.11. The van der Waals surface area contributed by atoms with E-state index in [1.165, 1.54) is 11.1 Å². The number of ketones is 1. The average Bonchev–Trinajstić information content (AvgIpc) is 3.05. The summed E-state index contributed by atoms with van der Waals surface area (Å²) in [6, 6.07) is 18.4. The monoisotopic (exact) mass is 373 g/mol. The van der Waals surface area contributed by atoms with Gasteiger partial charge in [0.15, 0.2) is 5.78 Å². The molecule has 0 N–H and O–H groups in total. The zero-order valence-corrected chi connectivity index (χ0v) is 16.6. The molecule has 0 radical (unpaired) electrons. The van der Waals surface area contributed by atoms with Crippen molar-refractivity contribution >= 4 is 5.78 Å². The zero-order valence-electron chi connectivity index (χ0n) is 16.6. The van der Waals surface area contributed by atoms with E-state index in [1.807, 2.05) is 42.1 Å². The number of nitrogens with zero attached hydrogens (tertiary/aromatic N) is 3. The van der Waals surface area contributed by atoms with Gasteiger partial charge in [0.2, 0.25) is 0 Å². The number of aryl methyl sites for hydroxylation is 2. The molecule has 1 aromatic heterocycles. The molecular weight excluding hydrogens is 346 g/mol. The molecule has 28 heavy (non-hydrogen) atoms. The summed E-state index contributed by atoms with van der Waals surface area (Å²) < 4.78 is 1.87. The number of carbonyl (C=O) groups excluding carboxylic acids is 1. The molecule has 2 heterocycles. The zero-order chi connectivity index (χ0) is 19.5. The minimum atomic E-state index is 0.0771. The summed E-state index contributed by atoms with van der Waals surface area (Å²) in [6.07, 6.45) is 4.13. The quantitative estimate of drug-likeness (QED) is 0.619. The minimum absolute atomic E-state index is 0.0771. The van der Waals surface area contributed by atoms with Gasteiger partial charge in [0.1, 0.15) is 0 Å². The van der Waals surface area contributed by atoms with E-state index in [0.717, 1.165) is 49.3 Å². The van der Waals surface area contributed by atoms with Gasteiger partial charge in [-0.2, -0.15) is 5.10 Å². The molecule has 0 spiro atoms. The second-order valence-electron chi connectivity index (χ2n) is 7.80. The fourth-order valence-corrected chi connectivity index (χ4v) is 4.15. The van der Waals surface area contributed by atoms with Crippen LogP contribution in [0.4, 0.5) is 0 Å². The van der Waals surface area contributed by atoms with Crippen molar-refractivity contribution in [3.05, 3.63) is 77.6 Å². The van der Waals surface area contributed by atoms with Gasteiger partial charge in [-0.25, -0.2) is 0 Å². The summed E-state index contributed by atoms with van der Waals surface area (Å²) in [5.41, 5.74) is 5.48. The lowest BCUT2D eigenvalue weighted by Gasteiger charge is -2.31. The van der Waals surface area contributed by atoms with E-state index >= 15 is 0 Å². The third kappa shape index (κ3) is 4.07. The molecule has 1 atom stereocenters. The fourth-order valence-electron chi connectivity index (χ4n) is 4.15. The summed E-state index contributed by atoms with van der Waals surface area (Å²) in [7, 11) is 1.96. The Hall–Kier alpha value is -2.72. The number of carbonyl (C=O) groups is 1. The Balaban J connectivity index is 1.43. The first-order valence-corrected chi connectivity index (χ1v) is 10.0. The van der Waals surface area contributed by atoms with Gasteiger partial charge in [0.25, 0.3) is 0 Å². The van der Waals surface area contributed by atoms with Gasteiger partial charge in [-0.1, -0.05) is 54.6 Å². The molecule has 2 aromatic carbocycles. The third-order valence-electron chi connectivity index (χ3n) is 5.66. The van der Waals surface area contributed by atoms with Crippen molar-refractivity contribution in [2.45, 2.75) is 26.3 Å². The summed E-state index contributed by atoms with van der Waals surface area (Å²) in [4.78, 5) is 15.5.